The Kier molecular flexibility index (Phi) is 3.03. The van der Waals surface area contributed by atoms with Gasteiger partial charge in [0.1, 0.15) is 22.8 Å². The van der Waals surface area contributed by atoms with Gasteiger partial charge in [0.2, 0.25) is 0 Å². The van der Waals surface area contributed by atoms with E-state index in [-0.39, 0.29) is 40.3 Å². The van der Waals surface area contributed by atoms with E-state index in [1.165, 1.54) is 6.92 Å². The number of carbonyl (C=O) groups excluding carboxylic acids is 2. The number of aryl methyl sites for hydroxylation is 1. The highest BCUT2D eigenvalue weighted by Crippen LogP contribution is 2.46. The first kappa shape index (κ1) is 14.8. The zero-order chi connectivity index (χ0) is 17.0. The van der Waals surface area contributed by atoms with Crippen LogP contribution in [0, 0.1) is 6.92 Å². The summed E-state index contributed by atoms with van der Waals surface area (Å²) in [7, 11) is 0. The second kappa shape index (κ2) is 4.70. The molecule has 0 amide bonds. The summed E-state index contributed by atoms with van der Waals surface area (Å²) in [4.78, 5) is 35.3. The fourth-order valence-corrected chi connectivity index (χ4v) is 3.08. The van der Waals surface area contributed by atoms with Crippen molar-refractivity contribution in [2.75, 3.05) is 0 Å². The molecule has 0 heterocycles. The first-order valence-corrected chi connectivity index (χ1v) is 6.79. The molecule has 0 atom stereocenters. The molecule has 2 aromatic rings. The number of phenolic OH excluding ortho intramolecular Hbond substituents is 2. The molecule has 0 saturated heterocycles. The fraction of sp³-hybridized carbons (Fsp3) is 0.188. The van der Waals surface area contributed by atoms with Crippen LogP contribution < -0.4 is 0 Å². The second-order valence-corrected chi connectivity index (χ2v) is 5.42. The number of carbonyl (C=O) groups is 3. The highest BCUT2D eigenvalue weighted by molar-refractivity contribution is 6.22. The predicted octanol–water partition coefficient (Wildman–Crippen LogP) is 2.12. The molecule has 23 heavy (non-hydrogen) atoms. The Morgan fingerprint density at radius 2 is 1.52 bits per heavy atom. The minimum absolute atomic E-state index is 0.00563. The van der Waals surface area contributed by atoms with Gasteiger partial charge in [-0.1, -0.05) is 0 Å². The van der Waals surface area contributed by atoms with E-state index in [1.807, 2.05) is 0 Å². The molecule has 0 fully saturated rings. The normalized spacial score (nSPS) is 14.1. The van der Waals surface area contributed by atoms with Gasteiger partial charge in [-0.25, -0.2) is 4.79 Å². The minimum atomic E-state index is -1.42. The van der Waals surface area contributed by atoms with Crippen LogP contribution in [-0.4, -0.2) is 38.0 Å². The van der Waals surface area contributed by atoms with Gasteiger partial charge in [0.15, 0.2) is 11.6 Å². The van der Waals surface area contributed by atoms with Gasteiger partial charge in [-0.15, -0.1) is 0 Å². The van der Waals surface area contributed by atoms with Gasteiger partial charge in [-0.05, 0) is 18.6 Å². The second-order valence-electron chi connectivity index (χ2n) is 5.42. The van der Waals surface area contributed by atoms with Crippen LogP contribution in [0.4, 0.5) is 0 Å². The lowest BCUT2D eigenvalue weighted by atomic mass is 9.84. The van der Waals surface area contributed by atoms with Crippen molar-refractivity contribution in [1.29, 1.82) is 0 Å². The molecule has 0 radical (unpaired) electrons. The number of ketones is 2. The van der Waals surface area contributed by atoms with Gasteiger partial charge in [0.05, 0.1) is 11.1 Å². The molecule has 0 unspecified atom stereocenters. The quantitative estimate of drug-likeness (QED) is 0.592. The molecule has 1 aliphatic rings. The molecule has 3 rings (SSSR count). The lowest BCUT2D eigenvalue weighted by molar-refractivity contribution is 0.0692. The Morgan fingerprint density at radius 3 is 2.04 bits per heavy atom. The molecule has 7 heteroatoms. The molecule has 1 aliphatic carbocycles. The third-order valence-corrected chi connectivity index (χ3v) is 4.12. The van der Waals surface area contributed by atoms with Crippen LogP contribution in [0.2, 0.25) is 0 Å². The summed E-state index contributed by atoms with van der Waals surface area (Å²) in [5.41, 5.74) is -1.03. The van der Waals surface area contributed by atoms with E-state index < -0.39 is 40.3 Å². The summed E-state index contributed by atoms with van der Waals surface area (Å²) >= 11 is 0. The minimum Gasteiger partial charge on any atom is -0.507 e. The van der Waals surface area contributed by atoms with E-state index in [4.69, 9.17) is 0 Å². The molecule has 0 aliphatic heterocycles. The van der Waals surface area contributed by atoms with Gasteiger partial charge in [-0.2, -0.15) is 0 Å². The number of Topliss-reactive ketones (excluding diaryl/α,β-unsaturated/α-hetero) is 2. The SMILES string of the molecule is Cc1c(C(=O)O)c(O)cc2c(O)c3c(c(O)c12)C(=O)CCC3=O. The smallest absolute Gasteiger partial charge is 0.339 e. The Hall–Kier alpha value is -3.09. The average Bonchev–Trinajstić information content (AvgIpc) is 2.46. The zero-order valence-electron chi connectivity index (χ0n) is 12.0. The number of phenols is 3. The number of aromatic carboxylic acids is 1. The monoisotopic (exact) mass is 316 g/mol. The van der Waals surface area contributed by atoms with Crippen molar-refractivity contribution in [3.8, 4) is 17.2 Å². The van der Waals surface area contributed by atoms with Crippen LogP contribution >= 0.6 is 0 Å². The van der Waals surface area contributed by atoms with Crippen LogP contribution in [0.3, 0.4) is 0 Å². The molecule has 0 aromatic heterocycles. The number of fused-ring (bicyclic) bond motifs is 2. The number of hydrogen-bond acceptors (Lipinski definition) is 6. The Balaban J connectivity index is 2.58. The van der Waals surface area contributed by atoms with E-state index in [1.54, 1.807) is 0 Å². The molecule has 118 valence electrons. The highest BCUT2D eigenvalue weighted by atomic mass is 16.4. The van der Waals surface area contributed by atoms with Crippen molar-refractivity contribution < 1.29 is 34.8 Å². The van der Waals surface area contributed by atoms with Gasteiger partial charge >= 0.3 is 5.97 Å². The number of carboxylic acid groups (broad SMARTS) is 1. The first-order valence-electron chi connectivity index (χ1n) is 6.79. The molecular weight excluding hydrogens is 304 g/mol. The van der Waals surface area contributed by atoms with Crippen molar-refractivity contribution in [3.05, 3.63) is 28.3 Å². The Bertz CT molecular complexity index is 924. The van der Waals surface area contributed by atoms with Crippen molar-refractivity contribution in [2.45, 2.75) is 19.8 Å². The average molecular weight is 316 g/mol. The summed E-state index contributed by atoms with van der Waals surface area (Å²) in [5.74, 6) is -4.10. The van der Waals surface area contributed by atoms with Gasteiger partial charge < -0.3 is 20.4 Å². The van der Waals surface area contributed by atoms with E-state index >= 15 is 0 Å². The van der Waals surface area contributed by atoms with Gasteiger partial charge in [0, 0.05) is 23.6 Å². The maximum absolute atomic E-state index is 12.1. The molecule has 0 spiro atoms. The van der Waals surface area contributed by atoms with Crippen molar-refractivity contribution >= 4 is 28.3 Å². The number of benzene rings is 2. The Labute approximate surface area is 129 Å². The summed E-state index contributed by atoms with van der Waals surface area (Å²) < 4.78 is 0. The van der Waals surface area contributed by atoms with E-state index in [2.05, 4.69) is 0 Å². The van der Waals surface area contributed by atoms with Crippen LogP contribution in [0.1, 0.15) is 49.5 Å². The Morgan fingerprint density at radius 1 is 1.00 bits per heavy atom. The van der Waals surface area contributed by atoms with E-state index in [9.17, 15) is 34.8 Å². The van der Waals surface area contributed by atoms with E-state index in [0.717, 1.165) is 6.07 Å². The maximum Gasteiger partial charge on any atom is 0.339 e. The van der Waals surface area contributed by atoms with Crippen molar-refractivity contribution in [3.63, 3.8) is 0 Å². The molecule has 4 N–H and O–H groups in total. The van der Waals surface area contributed by atoms with Gasteiger partial charge in [0.25, 0.3) is 0 Å². The standard InChI is InChI=1S/C16H12O7/c1-5-10-6(4-9(19)11(5)16(22)23)14(20)12-7(17)2-3-8(18)13(12)15(10)21/h4,19-21H,2-3H2,1H3,(H,22,23). The van der Waals surface area contributed by atoms with Crippen molar-refractivity contribution in [2.24, 2.45) is 0 Å². The number of aromatic hydroxyl groups is 3. The first-order chi connectivity index (χ1) is 10.8. The topological polar surface area (TPSA) is 132 Å². The van der Waals surface area contributed by atoms with Gasteiger partial charge in [-0.3, -0.25) is 9.59 Å². The lowest BCUT2D eigenvalue weighted by Gasteiger charge is -2.20. The number of carboxylic acids is 1. The molecule has 0 saturated carbocycles. The molecule has 0 bridgehead atoms. The summed E-state index contributed by atoms with van der Waals surface area (Å²) in [5, 5.41) is 39.7. The van der Waals surface area contributed by atoms with Crippen molar-refractivity contribution in [1.82, 2.24) is 0 Å². The third-order valence-electron chi connectivity index (χ3n) is 4.12. The molecule has 7 nitrogen and oxygen atoms in total. The fourth-order valence-electron chi connectivity index (χ4n) is 3.08. The largest absolute Gasteiger partial charge is 0.507 e. The highest BCUT2D eigenvalue weighted by Gasteiger charge is 2.33. The van der Waals surface area contributed by atoms with E-state index in [0.29, 0.717) is 0 Å². The third kappa shape index (κ3) is 1.86. The predicted molar refractivity (Wildman–Crippen MR) is 78.5 cm³/mol. The number of hydrogen-bond donors (Lipinski definition) is 4. The molecular formula is C16H12O7. The number of rotatable bonds is 1. The maximum atomic E-state index is 12.1. The summed E-state index contributed by atoms with van der Waals surface area (Å²) in [6.45, 7) is 1.34. The van der Waals surface area contributed by atoms with Crippen LogP contribution in [0.25, 0.3) is 10.8 Å². The zero-order valence-corrected chi connectivity index (χ0v) is 12.0. The van der Waals surface area contributed by atoms with Crippen LogP contribution in [-0.2, 0) is 0 Å². The van der Waals surface area contributed by atoms with Crippen LogP contribution in [0.5, 0.6) is 17.2 Å². The van der Waals surface area contributed by atoms with Crippen LogP contribution in [0.15, 0.2) is 6.07 Å². The summed E-state index contributed by atoms with van der Waals surface area (Å²) in [6.07, 6.45) is -0.171. The lowest BCUT2D eigenvalue weighted by Crippen LogP contribution is -2.18. The summed E-state index contributed by atoms with van der Waals surface area (Å²) in [6, 6.07) is 0.966. The molecule has 2 aromatic carbocycles.